The number of hydrogen-bond donors (Lipinski definition) is 0. The molecule has 4 rings (SSSR count). The molecule has 0 unspecified atom stereocenters. The van der Waals surface area contributed by atoms with Gasteiger partial charge in [0.2, 0.25) is 5.82 Å². The molecule has 0 saturated carbocycles. The van der Waals surface area contributed by atoms with E-state index in [1.807, 2.05) is 22.4 Å². The molecule has 0 atom stereocenters. The fraction of sp³-hybridized carbons (Fsp3) is 0.381. The molecule has 1 saturated heterocycles. The predicted octanol–water partition coefficient (Wildman–Crippen LogP) is 3.55. The predicted molar refractivity (Wildman–Crippen MR) is 112 cm³/mol. The van der Waals surface area contributed by atoms with Crippen molar-refractivity contribution in [1.82, 2.24) is 24.6 Å². The molecule has 1 amide bonds. The van der Waals surface area contributed by atoms with Gasteiger partial charge in [0.1, 0.15) is 5.82 Å². The molecule has 0 aliphatic carbocycles. The first-order chi connectivity index (χ1) is 14.0. The van der Waals surface area contributed by atoms with E-state index in [1.54, 1.807) is 16.8 Å². The lowest BCUT2D eigenvalue weighted by Gasteiger charge is -2.34. The number of thiophene rings is 1. The molecule has 6 nitrogen and oxygen atoms in total. The van der Waals surface area contributed by atoms with Crippen molar-refractivity contribution in [3.8, 4) is 16.4 Å². The van der Waals surface area contributed by atoms with E-state index in [2.05, 4.69) is 28.8 Å². The van der Waals surface area contributed by atoms with E-state index in [0.29, 0.717) is 30.5 Å². The van der Waals surface area contributed by atoms with Crippen LogP contribution in [0.4, 0.5) is 4.39 Å². The molecule has 8 heteroatoms. The van der Waals surface area contributed by atoms with Crippen LogP contribution in [-0.4, -0.2) is 63.2 Å². The molecule has 3 aromatic rings. The summed E-state index contributed by atoms with van der Waals surface area (Å²) in [4.78, 5) is 22.7. The monoisotopic (exact) mass is 413 g/mol. The van der Waals surface area contributed by atoms with Crippen molar-refractivity contribution in [2.45, 2.75) is 13.8 Å². The van der Waals surface area contributed by atoms with Gasteiger partial charge in [-0.1, -0.05) is 19.9 Å². The van der Waals surface area contributed by atoms with Crippen molar-refractivity contribution >= 4 is 17.2 Å². The zero-order valence-electron chi connectivity index (χ0n) is 16.6. The maximum absolute atomic E-state index is 13.4. The third kappa shape index (κ3) is 4.38. The zero-order chi connectivity index (χ0) is 20.4. The second-order valence-electron chi connectivity index (χ2n) is 7.61. The van der Waals surface area contributed by atoms with Crippen molar-refractivity contribution < 1.29 is 9.18 Å². The maximum Gasteiger partial charge on any atom is 0.293 e. The molecule has 0 radical (unpaired) electrons. The highest BCUT2D eigenvalue weighted by Crippen LogP contribution is 2.26. The number of aromatic nitrogens is 3. The standard InChI is InChI=1S/C21H24FN5OS/c1-15(2)14-25-9-11-26(12-10-25)21(28)19-23-20(18-4-3-13-29-18)27(24-19)17-7-5-16(22)6-8-17/h3-8,13,15H,9-12,14H2,1-2H3. The van der Waals surface area contributed by atoms with Crippen LogP contribution >= 0.6 is 11.3 Å². The smallest absolute Gasteiger partial charge is 0.293 e. The molecule has 0 N–H and O–H groups in total. The Morgan fingerprint density at radius 3 is 2.48 bits per heavy atom. The Balaban J connectivity index is 1.59. The van der Waals surface area contributed by atoms with Gasteiger partial charge < -0.3 is 4.90 Å². The molecular formula is C21H24FN5OS. The van der Waals surface area contributed by atoms with Crippen LogP contribution in [0.25, 0.3) is 16.4 Å². The summed E-state index contributed by atoms with van der Waals surface area (Å²) in [6.45, 7) is 8.52. The number of benzene rings is 1. The summed E-state index contributed by atoms with van der Waals surface area (Å²) in [5.74, 6) is 0.900. The van der Waals surface area contributed by atoms with E-state index in [4.69, 9.17) is 0 Å². The highest BCUT2D eigenvalue weighted by molar-refractivity contribution is 7.13. The third-order valence-electron chi connectivity index (χ3n) is 4.89. The van der Waals surface area contributed by atoms with E-state index in [9.17, 15) is 9.18 Å². The van der Waals surface area contributed by atoms with E-state index in [1.165, 1.54) is 23.5 Å². The summed E-state index contributed by atoms with van der Waals surface area (Å²) in [5.41, 5.74) is 0.670. The fourth-order valence-corrected chi connectivity index (χ4v) is 4.22. The topological polar surface area (TPSA) is 54.3 Å². The van der Waals surface area contributed by atoms with E-state index in [0.717, 1.165) is 24.5 Å². The fourth-order valence-electron chi connectivity index (χ4n) is 3.52. The normalized spacial score (nSPS) is 15.2. The van der Waals surface area contributed by atoms with Crippen molar-refractivity contribution in [3.05, 3.63) is 53.4 Å². The summed E-state index contributed by atoms with van der Waals surface area (Å²) < 4.78 is 15.0. The second-order valence-corrected chi connectivity index (χ2v) is 8.56. The van der Waals surface area contributed by atoms with Gasteiger partial charge in [-0.3, -0.25) is 9.69 Å². The summed E-state index contributed by atoms with van der Waals surface area (Å²) in [6.07, 6.45) is 0. The minimum absolute atomic E-state index is 0.159. The molecule has 3 heterocycles. The average molecular weight is 414 g/mol. The van der Waals surface area contributed by atoms with Crippen LogP contribution in [0.2, 0.25) is 0 Å². The highest BCUT2D eigenvalue weighted by atomic mass is 32.1. The Labute approximate surface area is 173 Å². The average Bonchev–Trinajstić information content (AvgIpc) is 3.38. The number of amides is 1. The number of nitrogens with zero attached hydrogens (tertiary/aromatic N) is 5. The molecule has 0 spiro atoms. The molecule has 0 bridgehead atoms. The van der Waals surface area contributed by atoms with E-state index >= 15 is 0 Å². The van der Waals surface area contributed by atoms with Crippen molar-refractivity contribution in [3.63, 3.8) is 0 Å². The first-order valence-corrected chi connectivity index (χ1v) is 10.7. The largest absolute Gasteiger partial charge is 0.333 e. The zero-order valence-corrected chi connectivity index (χ0v) is 17.4. The van der Waals surface area contributed by atoms with Crippen LogP contribution in [0, 0.1) is 11.7 Å². The lowest BCUT2D eigenvalue weighted by molar-refractivity contribution is 0.0612. The van der Waals surface area contributed by atoms with Gasteiger partial charge in [0.05, 0.1) is 10.6 Å². The molecular weight excluding hydrogens is 389 g/mol. The SMILES string of the molecule is CC(C)CN1CCN(C(=O)c2nc(-c3cccs3)n(-c3ccc(F)cc3)n2)CC1. The van der Waals surface area contributed by atoms with Crippen LogP contribution in [-0.2, 0) is 0 Å². The second kappa shape index (κ2) is 8.42. The first-order valence-electron chi connectivity index (χ1n) is 9.80. The molecule has 1 aromatic carbocycles. The van der Waals surface area contributed by atoms with Gasteiger partial charge in [-0.25, -0.2) is 14.1 Å². The molecule has 2 aromatic heterocycles. The summed E-state index contributed by atoms with van der Waals surface area (Å²) in [7, 11) is 0. The summed E-state index contributed by atoms with van der Waals surface area (Å²) in [5, 5.41) is 6.45. The molecule has 152 valence electrons. The number of hydrogen-bond acceptors (Lipinski definition) is 5. The lowest BCUT2D eigenvalue weighted by atomic mass is 10.2. The molecule has 1 fully saturated rings. The van der Waals surface area contributed by atoms with Gasteiger partial charge >= 0.3 is 0 Å². The van der Waals surface area contributed by atoms with Crippen molar-refractivity contribution in [1.29, 1.82) is 0 Å². The maximum atomic E-state index is 13.4. The Kier molecular flexibility index (Phi) is 5.73. The third-order valence-corrected chi connectivity index (χ3v) is 5.76. The van der Waals surface area contributed by atoms with E-state index < -0.39 is 0 Å². The Bertz CT molecular complexity index is 960. The van der Waals surface area contributed by atoms with Crippen molar-refractivity contribution in [2.75, 3.05) is 32.7 Å². The Morgan fingerprint density at radius 1 is 1.14 bits per heavy atom. The van der Waals surface area contributed by atoms with Gasteiger partial charge in [0.15, 0.2) is 5.82 Å². The lowest BCUT2D eigenvalue weighted by Crippen LogP contribution is -2.49. The van der Waals surface area contributed by atoms with Gasteiger partial charge in [-0.05, 0) is 41.6 Å². The van der Waals surface area contributed by atoms with Gasteiger partial charge in [-0.2, -0.15) is 0 Å². The quantitative estimate of drug-likeness (QED) is 0.642. The van der Waals surface area contributed by atoms with Gasteiger partial charge in [-0.15, -0.1) is 16.4 Å². The van der Waals surface area contributed by atoms with Crippen molar-refractivity contribution in [2.24, 2.45) is 5.92 Å². The number of rotatable bonds is 5. The minimum atomic E-state index is -0.317. The summed E-state index contributed by atoms with van der Waals surface area (Å²) in [6, 6.07) is 9.90. The van der Waals surface area contributed by atoms with Gasteiger partial charge in [0, 0.05) is 32.7 Å². The number of halogens is 1. The molecule has 1 aliphatic rings. The Hall–Kier alpha value is -2.58. The van der Waals surface area contributed by atoms with Crippen LogP contribution in [0.3, 0.4) is 0 Å². The van der Waals surface area contributed by atoms with Crippen LogP contribution in [0.1, 0.15) is 24.5 Å². The number of piperazine rings is 1. The number of carbonyl (C=O) groups excluding carboxylic acids is 1. The highest BCUT2D eigenvalue weighted by Gasteiger charge is 2.27. The van der Waals surface area contributed by atoms with Gasteiger partial charge in [0.25, 0.3) is 5.91 Å². The molecule has 29 heavy (non-hydrogen) atoms. The Morgan fingerprint density at radius 2 is 1.86 bits per heavy atom. The van der Waals surface area contributed by atoms with Crippen LogP contribution in [0.5, 0.6) is 0 Å². The van der Waals surface area contributed by atoms with Crippen LogP contribution < -0.4 is 0 Å². The number of carbonyl (C=O) groups is 1. The minimum Gasteiger partial charge on any atom is -0.333 e. The van der Waals surface area contributed by atoms with Crippen LogP contribution in [0.15, 0.2) is 41.8 Å². The van der Waals surface area contributed by atoms with E-state index in [-0.39, 0.29) is 17.5 Å². The summed E-state index contributed by atoms with van der Waals surface area (Å²) >= 11 is 1.53. The molecule has 1 aliphatic heterocycles. The first kappa shape index (κ1) is 19.7.